The van der Waals surface area contributed by atoms with Crippen molar-refractivity contribution in [3.63, 3.8) is 0 Å². The molecule has 1 aromatic carbocycles. The molecular weight excluding hydrogens is 367 g/mol. The van der Waals surface area contributed by atoms with Gasteiger partial charge in [0.05, 0.1) is 16.4 Å². The van der Waals surface area contributed by atoms with E-state index in [4.69, 9.17) is 11.6 Å². The summed E-state index contributed by atoms with van der Waals surface area (Å²) in [5, 5.41) is 3.85. The van der Waals surface area contributed by atoms with E-state index in [2.05, 4.69) is 42.2 Å². The van der Waals surface area contributed by atoms with Crippen LogP contribution in [-0.4, -0.2) is 4.98 Å². The topological polar surface area (TPSA) is 24.9 Å². The molecule has 0 spiro atoms. The van der Waals surface area contributed by atoms with Crippen molar-refractivity contribution in [3.05, 3.63) is 50.0 Å². The molecular formula is C12H9Br2ClN2. The summed E-state index contributed by atoms with van der Waals surface area (Å²) in [6, 6.07) is 9.50. The predicted molar refractivity (Wildman–Crippen MR) is 79.1 cm³/mol. The Morgan fingerprint density at radius 1 is 1.18 bits per heavy atom. The molecule has 0 unspecified atom stereocenters. The van der Waals surface area contributed by atoms with Crippen LogP contribution < -0.4 is 5.32 Å². The summed E-state index contributed by atoms with van der Waals surface area (Å²) < 4.78 is 1.96. The second kappa shape index (κ2) is 5.38. The fourth-order valence-electron chi connectivity index (χ4n) is 1.34. The maximum atomic E-state index is 6.10. The van der Waals surface area contributed by atoms with E-state index in [0.29, 0.717) is 5.02 Å². The third-order valence-electron chi connectivity index (χ3n) is 2.21. The molecule has 1 aromatic heterocycles. The number of anilines is 2. The molecule has 1 heterocycles. The van der Waals surface area contributed by atoms with Crippen LogP contribution in [0.2, 0.25) is 5.02 Å². The zero-order chi connectivity index (χ0) is 12.4. The zero-order valence-corrected chi connectivity index (χ0v) is 12.9. The summed E-state index contributed by atoms with van der Waals surface area (Å²) in [6.45, 7) is 1.94. The van der Waals surface area contributed by atoms with Gasteiger partial charge in [0.25, 0.3) is 0 Å². The number of nitrogens with zero attached hydrogens (tertiary/aromatic N) is 1. The van der Waals surface area contributed by atoms with E-state index in [9.17, 15) is 0 Å². The zero-order valence-electron chi connectivity index (χ0n) is 8.97. The van der Waals surface area contributed by atoms with E-state index < -0.39 is 0 Å². The third-order valence-corrected chi connectivity index (χ3v) is 3.87. The van der Waals surface area contributed by atoms with Gasteiger partial charge in [-0.1, -0.05) is 27.5 Å². The Hall–Kier alpha value is -0.580. The second-order valence-corrected chi connectivity index (χ2v) is 5.69. The number of nitrogens with one attached hydrogen (secondary N) is 1. The molecule has 0 bridgehead atoms. The number of hydrogen-bond acceptors (Lipinski definition) is 2. The number of halogens is 3. The molecule has 0 aliphatic carbocycles. The molecule has 0 fully saturated rings. The lowest BCUT2D eigenvalue weighted by Crippen LogP contribution is -1.96. The summed E-state index contributed by atoms with van der Waals surface area (Å²) >= 11 is 12.9. The lowest BCUT2D eigenvalue weighted by molar-refractivity contribution is 1.18. The molecule has 2 aromatic rings. The molecule has 88 valence electrons. The second-order valence-electron chi connectivity index (χ2n) is 3.51. The van der Waals surface area contributed by atoms with Crippen molar-refractivity contribution in [2.75, 3.05) is 5.32 Å². The van der Waals surface area contributed by atoms with Gasteiger partial charge in [-0.2, -0.15) is 0 Å². The van der Waals surface area contributed by atoms with Crippen molar-refractivity contribution in [1.29, 1.82) is 0 Å². The lowest BCUT2D eigenvalue weighted by atomic mass is 10.3. The SMILES string of the molecule is Cc1nc(Nc2cc(Br)ccc2Cl)ccc1Br. The third kappa shape index (κ3) is 3.21. The van der Waals surface area contributed by atoms with Crippen molar-refractivity contribution < 1.29 is 0 Å². The maximum absolute atomic E-state index is 6.10. The first kappa shape index (κ1) is 12.9. The van der Waals surface area contributed by atoms with Crippen LogP contribution in [0.15, 0.2) is 39.3 Å². The summed E-state index contributed by atoms with van der Waals surface area (Å²) in [7, 11) is 0. The Bertz CT molecular complexity index is 558. The molecule has 5 heteroatoms. The van der Waals surface area contributed by atoms with Gasteiger partial charge in [0, 0.05) is 8.95 Å². The quantitative estimate of drug-likeness (QED) is 0.768. The highest BCUT2D eigenvalue weighted by Crippen LogP contribution is 2.28. The van der Waals surface area contributed by atoms with Gasteiger partial charge >= 0.3 is 0 Å². The Labute approximate surface area is 122 Å². The Balaban J connectivity index is 2.31. The van der Waals surface area contributed by atoms with Gasteiger partial charge in [-0.25, -0.2) is 4.98 Å². The van der Waals surface area contributed by atoms with E-state index >= 15 is 0 Å². The Morgan fingerprint density at radius 2 is 1.94 bits per heavy atom. The van der Waals surface area contributed by atoms with Crippen molar-refractivity contribution >= 4 is 55.0 Å². The van der Waals surface area contributed by atoms with Gasteiger partial charge in [0.2, 0.25) is 0 Å². The van der Waals surface area contributed by atoms with Gasteiger partial charge in [0.15, 0.2) is 0 Å². The average Bonchev–Trinajstić information content (AvgIpc) is 2.29. The van der Waals surface area contributed by atoms with Crippen LogP contribution in [0.4, 0.5) is 11.5 Å². The van der Waals surface area contributed by atoms with E-state index in [-0.39, 0.29) is 0 Å². The molecule has 17 heavy (non-hydrogen) atoms. The highest BCUT2D eigenvalue weighted by atomic mass is 79.9. The van der Waals surface area contributed by atoms with Gasteiger partial charge in [0.1, 0.15) is 5.82 Å². The van der Waals surface area contributed by atoms with Gasteiger partial charge in [-0.05, 0) is 53.2 Å². The minimum absolute atomic E-state index is 0.663. The first-order valence-electron chi connectivity index (χ1n) is 4.91. The number of aryl methyl sites for hydroxylation is 1. The molecule has 0 radical (unpaired) electrons. The minimum atomic E-state index is 0.663. The number of benzene rings is 1. The monoisotopic (exact) mass is 374 g/mol. The van der Waals surface area contributed by atoms with Crippen LogP contribution in [0.3, 0.4) is 0 Å². The number of hydrogen-bond donors (Lipinski definition) is 1. The van der Waals surface area contributed by atoms with Crippen LogP contribution >= 0.6 is 43.5 Å². The van der Waals surface area contributed by atoms with E-state index in [1.165, 1.54) is 0 Å². The first-order valence-corrected chi connectivity index (χ1v) is 6.88. The molecule has 1 N–H and O–H groups in total. The Morgan fingerprint density at radius 3 is 2.65 bits per heavy atom. The van der Waals surface area contributed by atoms with Crippen LogP contribution in [0.5, 0.6) is 0 Å². The van der Waals surface area contributed by atoms with Gasteiger partial charge in [-0.15, -0.1) is 0 Å². The summed E-state index contributed by atoms with van der Waals surface area (Å²) in [6.07, 6.45) is 0. The predicted octanol–water partition coefficient (Wildman–Crippen LogP) is 5.31. The van der Waals surface area contributed by atoms with E-state index in [1.54, 1.807) is 0 Å². The molecule has 0 atom stereocenters. The number of rotatable bonds is 2. The Kier molecular flexibility index (Phi) is 4.07. The van der Waals surface area contributed by atoms with Crippen molar-refractivity contribution in [2.24, 2.45) is 0 Å². The summed E-state index contributed by atoms with van der Waals surface area (Å²) in [4.78, 5) is 4.41. The van der Waals surface area contributed by atoms with Crippen LogP contribution in [0.1, 0.15) is 5.69 Å². The fourth-order valence-corrected chi connectivity index (χ4v) is 2.09. The molecule has 0 saturated carbocycles. The summed E-state index contributed by atoms with van der Waals surface area (Å²) in [5.74, 6) is 0.769. The van der Waals surface area contributed by atoms with Crippen molar-refractivity contribution in [1.82, 2.24) is 4.98 Å². The van der Waals surface area contributed by atoms with Gasteiger partial charge < -0.3 is 5.32 Å². The van der Waals surface area contributed by atoms with E-state index in [1.807, 2.05) is 37.3 Å². The highest BCUT2D eigenvalue weighted by molar-refractivity contribution is 9.10. The average molecular weight is 376 g/mol. The summed E-state index contributed by atoms with van der Waals surface area (Å²) in [5.41, 5.74) is 1.76. The normalized spacial score (nSPS) is 10.4. The van der Waals surface area contributed by atoms with Crippen molar-refractivity contribution in [3.8, 4) is 0 Å². The van der Waals surface area contributed by atoms with Gasteiger partial charge in [-0.3, -0.25) is 0 Å². The molecule has 0 aliphatic rings. The molecule has 2 nitrogen and oxygen atoms in total. The molecule has 0 amide bonds. The largest absolute Gasteiger partial charge is 0.339 e. The molecule has 2 rings (SSSR count). The van der Waals surface area contributed by atoms with Crippen LogP contribution in [-0.2, 0) is 0 Å². The minimum Gasteiger partial charge on any atom is -0.339 e. The molecule has 0 aliphatic heterocycles. The van der Waals surface area contributed by atoms with E-state index in [0.717, 1.165) is 26.1 Å². The number of aromatic nitrogens is 1. The standard InChI is InChI=1S/C12H9Br2ClN2/c1-7-9(14)3-5-12(16-7)17-11-6-8(13)2-4-10(11)15/h2-6H,1H3,(H,16,17). The lowest BCUT2D eigenvalue weighted by Gasteiger charge is -2.09. The molecule has 0 saturated heterocycles. The van der Waals surface area contributed by atoms with Crippen molar-refractivity contribution in [2.45, 2.75) is 6.92 Å². The van der Waals surface area contributed by atoms with Crippen LogP contribution in [0, 0.1) is 6.92 Å². The smallest absolute Gasteiger partial charge is 0.130 e. The number of pyridine rings is 1. The maximum Gasteiger partial charge on any atom is 0.130 e. The van der Waals surface area contributed by atoms with Crippen LogP contribution in [0.25, 0.3) is 0 Å². The first-order chi connectivity index (χ1) is 8.06. The highest BCUT2D eigenvalue weighted by Gasteiger charge is 2.04. The fraction of sp³-hybridized carbons (Fsp3) is 0.0833.